The zero-order valence-corrected chi connectivity index (χ0v) is 21.8. The van der Waals surface area contributed by atoms with E-state index in [2.05, 4.69) is 20.7 Å². The maximum absolute atomic E-state index is 12.6. The average molecular weight is 518 g/mol. The Labute approximate surface area is 219 Å². The number of hydrazone groups is 1. The van der Waals surface area contributed by atoms with E-state index >= 15 is 0 Å². The normalized spacial score (nSPS) is 10.9. The first-order valence-electron chi connectivity index (χ1n) is 11.4. The standard InChI is InChI=1S/C27H27N5O4S/c1-18-10-12-19(13-11-18)26-30-31-27(32(26)21-8-6-5-7-9-21)37-17-23(33)29-28-16-20-14-15-22(34-2)25(36-4)24(20)35-3/h5-16H,17H2,1-4H3,(H,29,33)/b28-16+. The second-order valence-corrected chi connectivity index (χ2v) is 8.79. The molecular formula is C27H27N5O4S. The molecule has 1 aromatic heterocycles. The van der Waals surface area contributed by atoms with Gasteiger partial charge in [0.25, 0.3) is 5.91 Å². The van der Waals surface area contributed by atoms with Crippen molar-refractivity contribution in [2.75, 3.05) is 27.1 Å². The number of hydrogen-bond donors (Lipinski definition) is 1. The minimum atomic E-state index is -0.291. The van der Waals surface area contributed by atoms with E-state index in [1.54, 1.807) is 19.2 Å². The number of carbonyl (C=O) groups excluding carboxylic acids is 1. The maximum Gasteiger partial charge on any atom is 0.250 e. The topological polar surface area (TPSA) is 99.9 Å². The summed E-state index contributed by atoms with van der Waals surface area (Å²) in [7, 11) is 4.60. The number of benzene rings is 3. The predicted molar refractivity (Wildman–Crippen MR) is 144 cm³/mol. The van der Waals surface area contributed by atoms with E-state index in [4.69, 9.17) is 14.2 Å². The number of nitrogens with one attached hydrogen (secondary N) is 1. The van der Waals surface area contributed by atoms with Crippen molar-refractivity contribution >= 4 is 23.9 Å². The van der Waals surface area contributed by atoms with Crippen LogP contribution in [0.25, 0.3) is 17.1 Å². The molecule has 190 valence electrons. The molecule has 1 N–H and O–H groups in total. The van der Waals surface area contributed by atoms with Gasteiger partial charge in [-0.25, -0.2) is 5.43 Å². The highest BCUT2D eigenvalue weighted by Gasteiger charge is 2.18. The van der Waals surface area contributed by atoms with Crippen molar-refractivity contribution in [3.63, 3.8) is 0 Å². The Bertz CT molecular complexity index is 1390. The van der Waals surface area contributed by atoms with Crippen molar-refractivity contribution in [3.05, 3.63) is 77.9 Å². The van der Waals surface area contributed by atoms with Crippen molar-refractivity contribution in [1.29, 1.82) is 0 Å². The van der Waals surface area contributed by atoms with Crippen LogP contribution in [0.15, 0.2) is 77.0 Å². The van der Waals surface area contributed by atoms with E-state index in [1.807, 2.05) is 66.1 Å². The van der Waals surface area contributed by atoms with Crippen LogP contribution in [0.5, 0.6) is 17.2 Å². The Hall–Kier alpha value is -4.31. The summed E-state index contributed by atoms with van der Waals surface area (Å²) in [4.78, 5) is 12.6. The van der Waals surface area contributed by atoms with Gasteiger partial charge in [0.2, 0.25) is 5.75 Å². The molecule has 9 nitrogen and oxygen atoms in total. The molecule has 10 heteroatoms. The third-order valence-corrected chi connectivity index (χ3v) is 6.35. The van der Waals surface area contributed by atoms with E-state index in [0.717, 1.165) is 16.8 Å². The molecule has 4 aromatic rings. The molecule has 1 heterocycles. The number of hydrogen-bond acceptors (Lipinski definition) is 8. The van der Waals surface area contributed by atoms with Crippen molar-refractivity contribution in [2.24, 2.45) is 5.10 Å². The maximum atomic E-state index is 12.6. The summed E-state index contributed by atoms with van der Waals surface area (Å²) in [5.74, 6) is 1.94. The molecule has 1 amide bonds. The van der Waals surface area contributed by atoms with Gasteiger partial charge in [-0.15, -0.1) is 10.2 Å². The number of ether oxygens (including phenoxy) is 3. The molecule has 4 rings (SSSR count). The van der Waals surface area contributed by atoms with Crippen LogP contribution in [0.3, 0.4) is 0 Å². The summed E-state index contributed by atoms with van der Waals surface area (Å²) in [6.07, 6.45) is 1.49. The summed E-state index contributed by atoms with van der Waals surface area (Å²) in [6, 6.07) is 21.4. The van der Waals surface area contributed by atoms with Crippen LogP contribution in [0, 0.1) is 6.92 Å². The Morgan fingerprint density at radius 2 is 1.68 bits per heavy atom. The van der Waals surface area contributed by atoms with Gasteiger partial charge < -0.3 is 14.2 Å². The quantitative estimate of drug-likeness (QED) is 0.188. The van der Waals surface area contributed by atoms with E-state index < -0.39 is 0 Å². The first-order chi connectivity index (χ1) is 18.0. The fourth-order valence-electron chi connectivity index (χ4n) is 3.63. The van der Waals surface area contributed by atoms with Crippen LogP contribution in [0.2, 0.25) is 0 Å². The van der Waals surface area contributed by atoms with Gasteiger partial charge in [0, 0.05) is 16.8 Å². The third-order valence-electron chi connectivity index (χ3n) is 5.42. The van der Waals surface area contributed by atoms with Gasteiger partial charge in [0.1, 0.15) is 0 Å². The lowest BCUT2D eigenvalue weighted by atomic mass is 10.1. The molecule has 0 spiro atoms. The van der Waals surface area contributed by atoms with Gasteiger partial charge in [-0.05, 0) is 31.2 Å². The largest absolute Gasteiger partial charge is 0.493 e. The number of carbonyl (C=O) groups is 1. The number of methoxy groups -OCH3 is 3. The van der Waals surface area contributed by atoms with Crippen LogP contribution in [0.4, 0.5) is 0 Å². The van der Waals surface area contributed by atoms with Gasteiger partial charge in [-0.3, -0.25) is 9.36 Å². The zero-order chi connectivity index (χ0) is 26.2. The molecule has 0 saturated heterocycles. The summed E-state index contributed by atoms with van der Waals surface area (Å²) < 4.78 is 18.1. The Balaban J connectivity index is 1.49. The molecule has 0 aliphatic rings. The van der Waals surface area contributed by atoms with E-state index in [0.29, 0.717) is 33.8 Å². The number of para-hydroxylation sites is 1. The molecule has 0 unspecified atom stereocenters. The Morgan fingerprint density at radius 1 is 0.946 bits per heavy atom. The van der Waals surface area contributed by atoms with Crippen molar-refractivity contribution in [1.82, 2.24) is 20.2 Å². The summed E-state index contributed by atoms with van der Waals surface area (Å²) in [5.41, 5.74) is 6.18. The molecule has 37 heavy (non-hydrogen) atoms. The van der Waals surface area contributed by atoms with Crippen LogP contribution in [-0.2, 0) is 4.79 Å². The van der Waals surface area contributed by atoms with Crippen molar-refractivity contribution in [2.45, 2.75) is 12.1 Å². The van der Waals surface area contributed by atoms with Crippen LogP contribution in [-0.4, -0.2) is 54.0 Å². The van der Waals surface area contributed by atoms with Crippen molar-refractivity contribution < 1.29 is 19.0 Å². The highest BCUT2D eigenvalue weighted by molar-refractivity contribution is 7.99. The molecule has 0 fully saturated rings. The highest BCUT2D eigenvalue weighted by Crippen LogP contribution is 2.39. The number of nitrogens with zero attached hydrogens (tertiary/aromatic N) is 4. The average Bonchev–Trinajstić information content (AvgIpc) is 3.36. The second-order valence-electron chi connectivity index (χ2n) is 7.85. The number of thioether (sulfide) groups is 1. The fraction of sp³-hybridized carbons (Fsp3) is 0.185. The lowest BCUT2D eigenvalue weighted by Gasteiger charge is -2.13. The summed E-state index contributed by atoms with van der Waals surface area (Å²) in [6.45, 7) is 2.04. The third kappa shape index (κ3) is 5.92. The lowest BCUT2D eigenvalue weighted by Crippen LogP contribution is -2.20. The predicted octanol–water partition coefficient (Wildman–Crippen LogP) is 4.51. The van der Waals surface area contributed by atoms with Crippen LogP contribution < -0.4 is 19.6 Å². The van der Waals surface area contributed by atoms with E-state index in [9.17, 15) is 4.79 Å². The van der Waals surface area contributed by atoms with E-state index in [-0.39, 0.29) is 11.7 Å². The number of rotatable bonds is 10. The van der Waals surface area contributed by atoms with Crippen LogP contribution in [0.1, 0.15) is 11.1 Å². The number of amides is 1. The first-order valence-corrected chi connectivity index (χ1v) is 12.4. The molecule has 0 radical (unpaired) electrons. The SMILES string of the molecule is COc1ccc(/C=N/NC(=O)CSc2nnc(-c3ccc(C)cc3)n2-c2ccccc2)c(OC)c1OC. The first kappa shape index (κ1) is 25.8. The Kier molecular flexibility index (Phi) is 8.42. The van der Waals surface area contributed by atoms with Gasteiger partial charge in [0.05, 0.1) is 33.3 Å². The molecule has 0 aliphatic heterocycles. The number of aryl methyl sites for hydroxylation is 1. The van der Waals surface area contributed by atoms with Crippen LogP contribution >= 0.6 is 11.8 Å². The Morgan fingerprint density at radius 3 is 2.35 bits per heavy atom. The highest BCUT2D eigenvalue weighted by atomic mass is 32.2. The van der Waals surface area contributed by atoms with Gasteiger partial charge in [-0.1, -0.05) is 59.8 Å². The van der Waals surface area contributed by atoms with Gasteiger partial charge in [-0.2, -0.15) is 5.10 Å². The zero-order valence-electron chi connectivity index (χ0n) is 21.0. The molecule has 0 atom stereocenters. The van der Waals surface area contributed by atoms with Gasteiger partial charge in [0.15, 0.2) is 22.5 Å². The molecule has 0 bridgehead atoms. The molecule has 0 saturated carbocycles. The minimum absolute atomic E-state index is 0.0965. The molecule has 3 aromatic carbocycles. The molecular weight excluding hydrogens is 490 g/mol. The summed E-state index contributed by atoms with van der Waals surface area (Å²) >= 11 is 1.28. The lowest BCUT2D eigenvalue weighted by molar-refractivity contribution is -0.118. The smallest absolute Gasteiger partial charge is 0.250 e. The van der Waals surface area contributed by atoms with Crippen molar-refractivity contribution in [3.8, 4) is 34.3 Å². The van der Waals surface area contributed by atoms with E-state index in [1.165, 1.54) is 32.2 Å². The summed E-state index contributed by atoms with van der Waals surface area (Å²) in [5, 5.41) is 13.5. The monoisotopic (exact) mass is 517 g/mol. The molecule has 0 aliphatic carbocycles. The van der Waals surface area contributed by atoms with Gasteiger partial charge >= 0.3 is 0 Å². The second kappa shape index (κ2) is 12.1. The fourth-order valence-corrected chi connectivity index (χ4v) is 4.37. The number of aromatic nitrogens is 3. The minimum Gasteiger partial charge on any atom is -0.493 e.